The van der Waals surface area contributed by atoms with E-state index in [9.17, 15) is 9.59 Å². The maximum absolute atomic E-state index is 11.8. The highest BCUT2D eigenvalue weighted by atomic mass is 16.4. The summed E-state index contributed by atoms with van der Waals surface area (Å²) in [5.74, 6) is -1.19. The Hall–Kier alpha value is -2.04. The van der Waals surface area contributed by atoms with Crippen molar-refractivity contribution in [2.75, 3.05) is 23.3 Å². The summed E-state index contributed by atoms with van der Waals surface area (Å²) in [6, 6.07) is 4.82. The molecule has 0 aliphatic carbocycles. The van der Waals surface area contributed by atoms with Gasteiger partial charge in [-0.15, -0.1) is 0 Å². The lowest BCUT2D eigenvalue weighted by Gasteiger charge is -2.23. The molecule has 0 saturated carbocycles. The maximum Gasteiger partial charge on any atom is 0.335 e. The summed E-state index contributed by atoms with van der Waals surface area (Å²) >= 11 is 0. The first kappa shape index (κ1) is 12.4. The van der Waals surface area contributed by atoms with Crippen molar-refractivity contribution in [1.29, 1.82) is 0 Å². The average Bonchev–Trinajstić information content (AvgIpc) is 2.46. The number of benzene rings is 1. The van der Waals surface area contributed by atoms with Crippen molar-refractivity contribution in [2.24, 2.45) is 5.92 Å². The van der Waals surface area contributed by atoms with Crippen LogP contribution in [0.2, 0.25) is 0 Å². The number of nitrogens with one attached hydrogen (secondary N) is 1. The average molecular weight is 248 g/mol. The summed E-state index contributed by atoms with van der Waals surface area (Å²) in [7, 11) is 0. The highest BCUT2D eigenvalue weighted by Gasteiger charge is 2.24. The molecule has 0 aromatic heterocycles. The first-order valence-electron chi connectivity index (χ1n) is 5.96. The van der Waals surface area contributed by atoms with Gasteiger partial charge < -0.3 is 15.3 Å². The van der Waals surface area contributed by atoms with Crippen molar-refractivity contribution >= 4 is 23.3 Å². The van der Waals surface area contributed by atoms with Crippen LogP contribution < -0.4 is 10.2 Å². The van der Waals surface area contributed by atoms with Gasteiger partial charge in [0.25, 0.3) is 0 Å². The molecule has 0 fully saturated rings. The smallest absolute Gasteiger partial charge is 0.335 e. The second-order valence-corrected chi connectivity index (χ2v) is 4.47. The summed E-state index contributed by atoms with van der Waals surface area (Å²) in [4.78, 5) is 24.9. The van der Waals surface area contributed by atoms with Gasteiger partial charge in [0.05, 0.1) is 22.9 Å². The van der Waals surface area contributed by atoms with E-state index in [0.717, 1.165) is 12.2 Å². The Morgan fingerprint density at radius 1 is 1.56 bits per heavy atom. The zero-order valence-electron chi connectivity index (χ0n) is 10.4. The van der Waals surface area contributed by atoms with Crippen molar-refractivity contribution < 1.29 is 14.7 Å². The monoisotopic (exact) mass is 248 g/mol. The molecule has 0 radical (unpaired) electrons. The second kappa shape index (κ2) is 4.68. The van der Waals surface area contributed by atoms with Crippen molar-refractivity contribution in [1.82, 2.24) is 0 Å². The van der Waals surface area contributed by atoms with Crippen molar-refractivity contribution in [3.05, 3.63) is 23.8 Å². The number of carboxylic acid groups (broad SMARTS) is 1. The number of rotatable bonds is 2. The maximum atomic E-state index is 11.8. The van der Waals surface area contributed by atoms with Crippen molar-refractivity contribution in [2.45, 2.75) is 13.8 Å². The second-order valence-electron chi connectivity index (χ2n) is 4.47. The number of carbonyl (C=O) groups is 2. The fourth-order valence-corrected chi connectivity index (χ4v) is 2.11. The fraction of sp³-hybridized carbons (Fsp3) is 0.385. The Morgan fingerprint density at radius 3 is 2.89 bits per heavy atom. The summed E-state index contributed by atoms with van der Waals surface area (Å²) in [5, 5.41) is 11.8. The molecule has 1 amide bonds. The highest BCUT2D eigenvalue weighted by Crippen LogP contribution is 2.30. The molecule has 0 bridgehead atoms. The van der Waals surface area contributed by atoms with Crippen LogP contribution in [0.1, 0.15) is 24.2 Å². The zero-order valence-corrected chi connectivity index (χ0v) is 10.4. The summed E-state index contributed by atoms with van der Waals surface area (Å²) in [5.41, 5.74) is 1.63. The van der Waals surface area contributed by atoms with E-state index >= 15 is 0 Å². The van der Waals surface area contributed by atoms with Gasteiger partial charge in [0.2, 0.25) is 5.91 Å². The third-order valence-electron chi connectivity index (χ3n) is 3.17. The third-order valence-corrected chi connectivity index (χ3v) is 3.17. The SMILES string of the molecule is CCN1CC(C)C(=O)Nc2cc(C(=O)O)ccc21. The molecule has 1 heterocycles. The third kappa shape index (κ3) is 2.16. The molecule has 1 aliphatic rings. The molecular weight excluding hydrogens is 232 g/mol. The molecule has 18 heavy (non-hydrogen) atoms. The topological polar surface area (TPSA) is 69.6 Å². The van der Waals surface area contributed by atoms with Crippen molar-refractivity contribution in [3.8, 4) is 0 Å². The summed E-state index contributed by atoms with van der Waals surface area (Å²) < 4.78 is 0. The van der Waals surface area contributed by atoms with Gasteiger partial charge in [0.1, 0.15) is 0 Å². The molecule has 1 unspecified atom stereocenters. The predicted molar refractivity (Wildman–Crippen MR) is 69.1 cm³/mol. The summed E-state index contributed by atoms with van der Waals surface area (Å²) in [6.45, 7) is 5.29. The van der Waals surface area contributed by atoms with Gasteiger partial charge >= 0.3 is 5.97 Å². The number of hydrogen-bond acceptors (Lipinski definition) is 3. The quantitative estimate of drug-likeness (QED) is 0.837. The zero-order chi connectivity index (χ0) is 13.3. The Kier molecular flexibility index (Phi) is 3.23. The van der Waals surface area contributed by atoms with E-state index in [2.05, 4.69) is 10.2 Å². The van der Waals surface area contributed by atoms with Gasteiger partial charge in [0, 0.05) is 13.1 Å². The first-order chi connectivity index (χ1) is 8.52. The van der Waals surface area contributed by atoms with Crippen LogP contribution in [-0.2, 0) is 4.79 Å². The number of carboxylic acids is 1. The predicted octanol–water partition coefficient (Wildman–Crippen LogP) is 1.80. The molecule has 2 rings (SSSR count). The molecule has 1 aliphatic heterocycles. The number of fused-ring (bicyclic) bond motifs is 1. The van der Waals surface area contributed by atoms with E-state index in [0.29, 0.717) is 12.2 Å². The molecular formula is C13H16N2O3. The van der Waals surface area contributed by atoms with Crippen LogP contribution in [0.3, 0.4) is 0 Å². The Balaban J connectivity index is 2.48. The van der Waals surface area contributed by atoms with Crippen LogP contribution in [0, 0.1) is 5.92 Å². The number of hydrogen-bond donors (Lipinski definition) is 2. The van der Waals surface area contributed by atoms with Gasteiger partial charge in [-0.3, -0.25) is 4.79 Å². The van der Waals surface area contributed by atoms with Crippen molar-refractivity contribution in [3.63, 3.8) is 0 Å². The normalized spacial score (nSPS) is 18.9. The van der Waals surface area contributed by atoms with Gasteiger partial charge in [-0.25, -0.2) is 4.79 Å². The van der Waals surface area contributed by atoms with Crippen LogP contribution in [0.4, 0.5) is 11.4 Å². The van der Waals surface area contributed by atoms with E-state index in [1.807, 2.05) is 13.8 Å². The molecule has 96 valence electrons. The molecule has 1 atom stereocenters. The lowest BCUT2D eigenvalue weighted by atomic mass is 10.1. The van der Waals surface area contributed by atoms with Crippen LogP contribution in [0.5, 0.6) is 0 Å². The molecule has 2 N–H and O–H groups in total. The lowest BCUT2D eigenvalue weighted by molar-refractivity contribution is -0.119. The Morgan fingerprint density at radius 2 is 2.28 bits per heavy atom. The molecule has 1 aromatic rings. The van der Waals surface area contributed by atoms with Crippen LogP contribution in [0.15, 0.2) is 18.2 Å². The molecule has 0 spiro atoms. The highest BCUT2D eigenvalue weighted by molar-refractivity contribution is 6.00. The molecule has 5 heteroatoms. The van der Waals surface area contributed by atoms with E-state index in [1.54, 1.807) is 12.1 Å². The Labute approximate surface area is 105 Å². The van der Waals surface area contributed by atoms with Crippen LogP contribution in [0.25, 0.3) is 0 Å². The molecule has 1 aromatic carbocycles. The number of amides is 1. The molecule has 5 nitrogen and oxygen atoms in total. The van der Waals surface area contributed by atoms with Gasteiger partial charge in [0.15, 0.2) is 0 Å². The van der Waals surface area contributed by atoms with E-state index in [4.69, 9.17) is 5.11 Å². The standard InChI is InChI=1S/C13H16N2O3/c1-3-15-7-8(2)12(16)14-10-6-9(13(17)18)4-5-11(10)15/h4-6,8H,3,7H2,1-2H3,(H,14,16)(H,17,18). The largest absolute Gasteiger partial charge is 0.478 e. The minimum atomic E-state index is -0.993. The number of aromatic carboxylic acids is 1. The van der Waals surface area contributed by atoms with E-state index in [1.165, 1.54) is 6.07 Å². The minimum Gasteiger partial charge on any atom is -0.478 e. The van der Waals surface area contributed by atoms with Gasteiger partial charge in [-0.05, 0) is 25.1 Å². The lowest BCUT2D eigenvalue weighted by Crippen LogP contribution is -2.30. The number of nitrogens with zero attached hydrogens (tertiary/aromatic N) is 1. The summed E-state index contributed by atoms with van der Waals surface area (Å²) in [6.07, 6.45) is 0. The minimum absolute atomic E-state index is 0.0743. The van der Waals surface area contributed by atoms with Crippen LogP contribution in [-0.4, -0.2) is 30.1 Å². The number of carbonyl (C=O) groups excluding carboxylic acids is 1. The van der Waals surface area contributed by atoms with Gasteiger partial charge in [-0.1, -0.05) is 6.92 Å². The van der Waals surface area contributed by atoms with Gasteiger partial charge in [-0.2, -0.15) is 0 Å². The van der Waals surface area contributed by atoms with Crippen LogP contribution >= 0.6 is 0 Å². The number of anilines is 2. The molecule has 0 saturated heterocycles. The Bertz CT molecular complexity index is 499. The fourth-order valence-electron chi connectivity index (χ4n) is 2.11. The van der Waals surface area contributed by atoms with E-state index in [-0.39, 0.29) is 17.4 Å². The van der Waals surface area contributed by atoms with E-state index < -0.39 is 5.97 Å². The first-order valence-corrected chi connectivity index (χ1v) is 5.96.